The minimum Gasteiger partial charge on any atom is -0.369 e. The van der Waals surface area contributed by atoms with E-state index in [0.29, 0.717) is 0 Å². The Kier molecular flexibility index (Phi) is 4.03. The van der Waals surface area contributed by atoms with Crippen molar-refractivity contribution in [1.29, 1.82) is 0 Å². The van der Waals surface area contributed by atoms with Crippen molar-refractivity contribution >= 4 is 17.3 Å². The van der Waals surface area contributed by atoms with Gasteiger partial charge in [-0.1, -0.05) is 30.3 Å². The molecule has 4 nitrogen and oxygen atoms in total. The van der Waals surface area contributed by atoms with Gasteiger partial charge in [-0.3, -0.25) is 14.4 Å². The van der Waals surface area contributed by atoms with Crippen molar-refractivity contribution < 1.29 is 19.1 Å². The molecule has 2 aliphatic carbocycles. The molecule has 4 atom stereocenters. The van der Waals surface area contributed by atoms with Crippen molar-refractivity contribution in [2.45, 2.75) is 32.0 Å². The van der Waals surface area contributed by atoms with Gasteiger partial charge in [0.2, 0.25) is 0 Å². The summed E-state index contributed by atoms with van der Waals surface area (Å²) < 4.78 is 6.01. The summed E-state index contributed by atoms with van der Waals surface area (Å²) in [6.07, 6.45) is 2.21. The fourth-order valence-electron chi connectivity index (χ4n) is 3.32. The van der Waals surface area contributed by atoms with Gasteiger partial charge in [-0.05, 0) is 24.6 Å². The predicted molar refractivity (Wildman–Crippen MR) is 80.1 cm³/mol. The smallest absolute Gasteiger partial charge is 0.162 e. The fraction of sp³-hybridized carbons (Fsp3) is 0.389. The molecule has 1 saturated carbocycles. The van der Waals surface area contributed by atoms with E-state index in [-0.39, 0.29) is 36.3 Å². The van der Waals surface area contributed by atoms with Gasteiger partial charge in [-0.15, -0.1) is 0 Å². The number of carbonyl (C=O) groups is 3. The Morgan fingerprint density at radius 1 is 1.00 bits per heavy atom. The molecular weight excluding hydrogens is 280 g/mol. The van der Waals surface area contributed by atoms with E-state index < -0.39 is 17.9 Å². The Morgan fingerprint density at radius 3 is 2.41 bits per heavy atom. The maximum Gasteiger partial charge on any atom is 0.162 e. The second-order valence-electron chi connectivity index (χ2n) is 5.94. The standard InChI is InChI=1S/C18H18O4/c1-11(12-5-3-2-4-6-12)22-17-10-13(19)9-14-15(20)7-8-16(21)18(14)17/h2-8,11,14,17-18H,9-10H2,1H3/t11-,14+,17-,18-/m1/s1. The molecule has 1 fully saturated rings. The van der Waals surface area contributed by atoms with Crippen LogP contribution in [0, 0.1) is 11.8 Å². The zero-order valence-corrected chi connectivity index (χ0v) is 12.4. The first-order chi connectivity index (χ1) is 10.6. The first kappa shape index (κ1) is 14.9. The van der Waals surface area contributed by atoms with Crippen LogP contribution in [0.1, 0.15) is 31.4 Å². The normalized spacial score (nSPS) is 29.3. The van der Waals surface area contributed by atoms with Crippen LogP contribution in [-0.2, 0) is 19.1 Å². The van der Waals surface area contributed by atoms with Crippen LogP contribution in [0.5, 0.6) is 0 Å². The van der Waals surface area contributed by atoms with Crippen LogP contribution in [0.15, 0.2) is 42.5 Å². The highest BCUT2D eigenvalue weighted by Crippen LogP contribution is 2.37. The molecule has 3 rings (SSSR count). The third-order valence-electron chi connectivity index (χ3n) is 4.46. The zero-order valence-electron chi connectivity index (χ0n) is 12.4. The topological polar surface area (TPSA) is 60.4 Å². The van der Waals surface area contributed by atoms with Crippen LogP contribution in [0.25, 0.3) is 0 Å². The number of rotatable bonds is 3. The summed E-state index contributed by atoms with van der Waals surface area (Å²) in [5, 5.41) is 0. The number of Topliss-reactive ketones (excluding diaryl/α,β-unsaturated/α-hetero) is 1. The molecule has 0 radical (unpaired) electrons. The number of hydrogen-bond donors (Lipinski definition) is 0. The second-order valence-corrected chi connectivity index (χ2v) is 5.94. The highest BCUT2D eigenvalue weighted by atomic mass is 16.5. The third kappa shape index (κ3) is 2.79. The number of ketones is 3. The highest BCUT2D eigenvalue weighted by Gasteiger charge is 2.46. The minimum absolute atomic E-state index is 0.0111. The molecule has 0 saturated heterocycles. The Morgan fingerprint density at radius 2 is 1.68 bits per heavy atom. The molecule has 22 heavy (non-hydrogen) atoms. The molecule has 0 aromatic heterocycles. The van der Waals surface area contributed by atoms with Crippen molar-refractivity contribution in [2.24, 2.45) is 11.8 Å². The molecule has 2 aliphatic rings. The Balaban J connectivity index is 1.82. The van der Waals surface area contributed by atoms with E-state index in [9.17, 15) is 14.4 Å². The lowest BCUT2D eigenvalue weighted by molar-refractivity contribution is -0.149. The minimum atomic E-state index is -0.549. The molecular formula is C18H18O4. The Labute approximate surface area is 129 Å². The van der Waals surface area contributed by atoms with Crippen LogP contribution in [0.2, 0.25) is 0 Å². The van der Waals surface area contributed by atoms with Crippen LogP contribution >= 0.6 is 0 Å². The Bertz CT molecular complexity index is 632. The summed E-state index contributed by atoms with van der Waals surface area (Å²) >= 11 is 0. The lowest BCUT2D eigenvalue weighted by Gasteiger charge is -2.37. The monoisotopic (exact) mass is 298 g/mol. The molecule has 0 aliphatic heterocycles. The maximum absolute atomic E-state index is 12.2. The molecule has 0 unspecified atom stereocenters. The van der Waals surface area contributed by atoms with Crippen LogP contribution in [-0.4, -0.2) is 23.5 Å². The van der Waals surface area contributed by atoms with E-state index in [0.717, 1.165) is 5.56 Å². The van der Waals surface area contributed by atoms with E-state index in [1.807, 2.05) is 37.3 Å². The van der Waals surface area contributed by atoms with Crippen molar-refractivity contribution in [2.75, 3.05) is 0 Å². The van der Waals surface area contributed by atoms with Gasteiger partial charge in [0.25, 0.3) is 0 Å². The SMILES string of the molecule is C[C@@H](O[C@@H]1CC(=O)C[C@H]2C(=O)C=CC(=O)[C@H]12)c1ccccc1. The van der Waals surface area contributed by atoms with E-state index in [1.54, 1.807) is 0 Å². The average molecular weight is 298 g/mol. The molecule has 0 bridgehead atoms. The van der Waals surface area contributed by atoms with E-state index >= 15 is 0 Å². The average Bonchev–Trinajstić information content (AvgIpc) is 2.51. The quantitative estimate of drug-likeness (QED) is 0.860. The summed E-state index contributed by atoms with van der Waals surface area (Å²) in [7, 11) is 0. The molecule has 4 heteroatoms. The lowest BCUT2D eigenvalue weighted by Crippen LogP contribution is -2.47. The molecule has 0 heterocycles. The van der Waals surface area contributed by atoms with E-state index in [4.69, 9.17) is 4.74 Å². The first-order valence-corrected chi connectivity index (χ1v) is 7.54. The number of hydrogen-bond acceptors (Lipinski definition) is 4. The number of allylic oxidation sites excluding steroid dienone is 2. The summed E-state index contributed by atoms with van der Waals surface area (Å²) in [5.41, 5.74) is 0.988. The van der Waals surface area contributed by atoms with Crippen molar-refractivity contribution in [3.63, 3.8) is 0 Å². The van der Waals surface area contributed by atoms with E-state index in [2.05, 4.69) is 0 Å². The van der Waals surface area contributed by atoms with Crippen LogP contribution in [0.4, 0.5) is 0 Å². The van der Waals surface area contributed by atoms with Crippen LogP contribution < -0.4 is 0 Å². The van der Waals surface area contributed by atoms with Crippen molar-refractivity contribution in [3.05, 3.63) is 48.0 Å². The van der Waals surface area contributed by atoms with Gasteiger partial charge in [0.05, 0.1) is 18.1 Å². The summed E-state index contributed by atoms with van der Waals surface area (Å²) in [6, 6.07) is 9.65. The van der Waals surface area contributed by atoms with E-state index in [1.165, 1.54) is 12.2 Å². The number of ether oxygens (including phenoxy) is 1. The summed E-state index contributed by atoms with van der Waals surface area (Å²) in [5.74, 6) is -1.34. The zero-order chi connectivity index (χ0) is 15.7. The van der Waals surface area contributed by atoms with Crippen molar-refractivity contribution in [1.82, 2.24) is 0 Å². The largest absolute Gasteiger partial charge is 0.369 e. The molecule has 1 aromatic rings. The molecule has 0 N–H and O–H groups in total. The van der Waals surface area contributed by atoms with Gasteiger partial charge in [0.15, 0.2) is 11.6 Å². The molecule has 0 spiro atoms. The first-order valence-electron chi connectivity index (χ1n) is 7.54. The van der Waals surface area contributed by atoms with Crippen molar-refractivity contribution in [3.8, 4) is 0 Å². The number of benzene rings is 1. The highest BCUT2D eigenvalue weighted by molar-refractivity contribution is 6.09. The third-order valence-corrected chi connectivity index (χ3v) is 4.46. The maximum atomic E-state index is 12.2. The Hall–Kier alpha value is -2.07. The number of fused-ring (bicyclic) bond motifs is 1. The molecule has 114 valence electrons. The fourth-order valence-corrected chi connectivity index (χ4v) is 3.32. The molecule has 1 aromatic carbocycles. The van der Waals surface area contributed by atoms with Gasteiger partial charge >= 0.3 is 0 Å². The van der Waals surface area contributed by atoms with Gasteiger partial charge < -0.3 is 4.74 Å². The van der Waals surface area contributed by atoms with Gasteiger partial charge in [-0.2, -0.15) is 0 Å². The second kappa shape index (κ2) is 5.97. The summed E-state index contributed by atoms with van der Waals surface area (Å²) in [4.78, 5) is 36.1. The van der Waals surface area contributed by atoms with Gasteiger partial charge in [-0.25, -0.2) is 0 Å². The van der Waals surface area contributed by atoms with Gasteiger partial charge in [0, 0.05) is 18.8 Å². The predicted octanol–water partition coefficient (Wildman–Crippen LogP) is 2.44. The summed E-state index contributed by atoms with van der Waals surface area (Å²) in [6.45, 7) is 1.90. The lowest BCUT2D eigenvalue weighted by atomic mass is 9.70. The van der Waals surface area contributed by atoms with Crippen LogP contribution in [0.3, 0.4) is 0 Å². The molecule has 0 amide bonds. The number of carbonyl (C=O) groups excluding carboxylic acids is 3. The van der Waals surface area contributed by atoms with Gasteiger partial charge in [0.1, 0.15) is 5.78 Å².